The van der Waals surface area contributed by atoms with E-state index in [1.165, 1.54) is 37.9 Å². The number of nitrogens with one attached hydrogen (secondary N) is 1. The third kappa shape index (κ3) is 2.06. The summed E-state index contributed by atoms with van der Waals surface area (Å²) in [5, 5.41) is 11.6. The van der Waals surface area contributed by atoms with E-state index in [1.54, 1.807) is 0 Å². The standard InChI is InChI=1S/C19H17NS/c21-11-10-20-12-16-7-6-15-5-4-13-2-1-3-14-8-9-17(16)19(15)18(13)14/h1-9,20-21H,10-12H2. The predicted molar refractivity (Wildman–Crippen MR) is 95.7 cm³/mol. The summed E-state index contributed by atoms with van der Waals surface area (Å²) in [6.07, 6.45) is 0. The largest absolute Gasteiger partial charge is 0.312 e. The average molecular weight is 291 g/mol. The second-order valence-electron chi connectivity index (χ2n) is 5.48. The fraction of sp³-hybridized carbons (Fsp3) is 0.158. The normalized spacial score (nSPS) is 11.9. The van der Waals surface area contributed by atoms with Crippen molar-refractivity contribution in [1.82, 2.24) is 5.32 Å². The fourth-order valence-corrected chi connectivity index (χ4v) is 3.41. The molecule has 4 rings (SSSR count). The van der Waals surface area contributed by atoms with Crippen molar-refractivity contribution in [3.05, 3.63) is 60.2 Å². The van der Waals surface area contributed by atoms with E-state index >= 15 is 0 Å². The zero-order chi connectivity index (χ0) is 14.2. The van der Waals surface area contributed by atoms with E-state index in [2.05, 4.69) is 72.5 Å². The summed E-state index contributed by atoms with van der Waals surface area (Å²) in [5.41, 5.74) is 1.36. The molecular weight excluding hydrogens is 274 g/mol. The first kappa shape index (κ1) is 12.9. The summed E-state index contributed by atoms with van der Waals surface area (Å²) < 4.78 is 0. The minimum Gasteiger partial charge on any atom is -0.312 e. The maximum atomic E-state index is 4.26. The Labute approximate surface area is 129 Å². The summed E-state index contributed by atoms with van der Waals surface area (Å²) >= 11 is 4.26. The minimum atomic E-state index is 0.867. The molecular formula is C19H17NS. The molecule has 0 saturated carbocycles. The summed E-state index contributed by atoms with van der Waals surface area (Å²) in [5.74, 6) is 0.867. The Kier molecular flexibility index (Phi) is 3.21. The van der Waals surface area contributed by atoms with Crippen molar-refractivity contribution in [3.63, 3.8) is 0 Å². The molecule has 0 saturated heterocycles. The lowest BCUT2D eigenvalue weighted by atomic mass is 9.92. The minimum absolute atomic E-state index is 0.867. The molecule has 0 aromatic heterocycles. The van der Waals surface area contributed by atoms with Crippen molar-refractivity contribution in [2.75, 3.05) is 12.3 Å². The van der Waals surface area contributed by atoms with Crippen LogP contribution in [0, 0.1) is 0 Å². The van der Waals surface area contributed by atoms with E-state index < -0.39 is 0 Å². The molecule has 1 nitrogen and oxygen atoms in total. The van der Waals surface area contributed by atoms with Crippen LogP contribution in [0.1, 0.15) is 5.56 Å². The summed E-state index contributed by atoms with van der Waals surface area (Å²) in [7, 11) is 0. The Bertz CT molecular complexity index is 897. The molecule has 104 valence electrons. The molecule has 0 aliphatic rings. The Hall–Kier alpha value is -1.77. The van der Waals surface area contributed by atoms with E-state index in [0.717, 1.165) is 18.8 Å². The van der Waals surface area contributed by atoms with Crippen LogP contribution in [-0.4, -0.2) is 12.3 Å². The second kappa shape index (κ2) is 5.21. The average Bonchev–Trinajstić information content (AvgIpc) is 2.54. The number of rotatable bonds is 4. The van der Waals surface area contributed by atoms with Crippen LogP contribution < -0.4 is 5.32 Å². The Balaban J connectivity index is 2.01. The van der Waals surface area contributed by atoms with Crippen molar-refractivity contribution < 1.29 is 0 Å². The van der Waals surface area contributed by atoms with Gasteiger partial charge in [-0.25, -0.2) is 0 Å². The predicted octanol–water partition coefficient (Wildman–Crippen LogP) is 4.60. The first-order chi connectivity index (χ1) is 10.4. The zero-order valence-electron chi connectivity index (χ0n) is 11.8. The molecule has 0 heterocycles. The number of thiol groups is 1. The maximum Gasteiger partial charge on any atom is 0.0212 e. The maximum absolute atomic E-state index is 4.26. The first-order valence-corrected chi connectivity index (χ1v) is 7.99. The van der Waals surface area contributed by atoms with E-state index in [4.69, 9.17) is 0 Å². The second-order valence-corrected chi connectivity index (χ2v) is 5.93. The van der Waals surface area contributed by atoms with Crippen LogP contribution in [0.4, 0.5) is 0 Å². The lowest BCUT2D eigenvalue weighted by molar-refractivity contribution is 0.737. The smallest absolute Gasteiger partial charge is 0.0212 e. The van der Waals surface area contributed by atoms with Gasteiger partial charge >= 0.3 is 0 Å². The van der Waals surface area contributed by atoms with Crippen LogP contribution in [0.5, 0.6) is 0 Å². The quantitative estimate of drug-likeness (QED) is 0.318. The van der Waals surface area contributed by atoms with Crippen LogP contribution >= 0.6 is 12.6 Å². The van der Waals surface area contributed by atoms with Crippen molar-refractivity contribution in [1.29, 1.82) is 0 Å². The summed E-state index contributed by atoms with van der Waals surface area (Å²) in [6, 6.07) is 20.0. The zero-order valence-corrected chi connectivity index (χ0v) is 12.7. The van der Waals surface area contributed by atoms with E-state index in [9.17, 15) is 0 Å². The molecule has 21 heavy (non-hydrogen) atoms. The van der Waals surface area contributed by atoms with Gasteiger partial charge in [0.05, 0.1) is 0 Å². The van der Waals surface area contributed by atoms with Gasteiger partial charge < -0.3 is 5.32 Å². The van der Waals surface area contributed by atoms with E-state index in [0.29, 0.717) is 0 Å². The molecule has 0 aliphatic heterocycles. The van der Waals surface area contributed by atoms with Gasteiger partial charge in [-0.05, 0) is 37.9 Å². The van der Waals surface area contributed by atoms with Crippen LogP contribution in [0.3, 0.4) is 0 Å². The molecule has 4 aromatic rings. The molecule has 0 bridgehead atoms. The lowest BCUT2D eigenvalue weighted by Gasteiger charge is -2.14. The van der Waals surface area contributed by atoms with Gasteiger partial charge in [-0.3, -0.25) is 0 Å². The highest BCUT2D eigenvalue weighted by Gasteiger charge is 2.10. The third-order valence-corrected chi connectivity index (χ3v) is 4.45. The van der Waals surface area contributed by atoms with Crippen molar-refractivity contribution in [2.24, 2.45) is 0 Å². The molecule has 4 aromatic carbocycles. The fourth-order valence-electron chi connectivity index (χ4n) is 3.25. The molecule has 0 unspecified atom stereocenters. The van der Waals surface area contributed by atoms with Gasteiger partial charge in [0.15, 0.2) is 0 Å². The third-order valence-electron chi connectivity index (χ3n) is 4.22. The van der Waals surface area contributed by atoms with Gasteiger partial charge in [0, 0.05) is 18.8 Å². The molecule has 0 spiro atoms. The van der Waals surface area contributed by atoms with Crippen LogP contribution in [-0.2, 0) is 6.54 Å². The molecule has 0 aliphatic carbocycles. The van der Waals surface area contributed by atoms with E-state index in [-0.39, 0.29) is 0 Å². The number of benzene rings is 4. The molecule has 2 heteroatoms. The van der Waals surface area contributed by atoms with Crippen molar-refractivity contribution in [2.45, 2.75) is 6.54 Å². The van der Waals surface area contributed by atoms with E-state index in [1.807, 2.05) is 0 Å². The molecule has 0 radical (unpaired) electrons. The highest BCUT2D eigenvalue weighted by molar-refractivity contribution is 7.80. The van der Waals surface area contributed by atoms with Crippen LogP contribution in [0.2, 0.25) is 0 Å². The molecule has 1 N–H and O–H groups in total. The lowest BCUT2D eigenvalue weighted by Crippen LogP contribution is -2.15. The monoisotopic (exact) mass is 291 g/mol. The van der Waals surface area contributed by atoms with Gasteiger partial charge in [0.2, 0.25) is 0 Å². The number of hydrogen-bond donors (Lipinski definition) is 2. The molecule has 0 atom stereocenters. The van der Waals surface area contributed by atoms with Crippen LogP contribution in [0.15, 0.2) is 54.6 Å². The topological polar surface area (TPSA) is 12.0 Å². The molecule has 0 amide bonds. The van der Waals surface area contributed by atoms with Crippen molar-refractivity contribution in [3.8, 4) is 0 Å². The van der Waals surface area contributed by atoms with Gasteiger partial charge in [0.1, 0.15) is 0 Å². The van der Waals surface area contributed by atoms with Crippen LogP contribution in [0.25, 0.3) is 32.3 Å². The van der Waals surface area contributed by atoms with Gasteiger partial charge in [-0.2, -0.15) is 12.6 Å². The Morgan fingerprint density at radius 3 is 2.19 bits per heavy atom. The summed E-state index contributed by atoms with van der Waals surface area (Å²) in [4.78, 5) is 0. The highest BCUT2D eigenvalue weighted by Crippen LogP contribution is 2.35. The molecule has 0 fully saturated rings. The first-order valence-electron chi connectivity index (χ1n) is 7.35. The number of hydrogen-bond acceptors (Lipinski definition) is 2. The van der Waals surface area contributed by atoms with Gasteiger partial charge in [-0.15, -0.1) is 0 Å². The Morgan fingerprint density at radius 1 is 0.762 bits per heavy atom. The van der Waals surface area contributed by atoms with Gasteiger partial charge in [0.25, 0.3) is 0 Å². The SMILES string of the molecule is SCCNCc1ccc2ccc3cccc4ccc1c2c34. The van der Waals surface area contributed by atoms with Gasteiger partial charge in [-0.1, -0.05) is 54.6 Å². The summed E-state index contributed by atoms with van der Waals surface area (Å²) in [6.45, 7) is 1.83. The van der Waals surface area contributed by atoms with Crippen molar-refractivity contribution >= 4 is 44.9 Å². The Morgan fingerprint density at radius 2 is 1.43 bits per heavy atom. The highest BCUT2D eigenvalue weighted by atomic mass is 32.1.